The smallest absolute Gasteiger partial charge is 0.390 e. The average molecular weight is 387 g/mol. The van der Waals surface area contributed by atoms with Crippen LogP contribution in [0.2, 0.25) is 5.02 Å². The molecule has 1 fully saturated rings. The summed E-state index contributed by atoms with van der Waals surface area (Å²) >= 11 is 6.04. The molecule has 0 aliphatic carbocycles. The van der Waals surface area contributed by atoms with Crippen molar-refractivity contribution < 1.29 is 9.72 Å². The number of piperazine rings is 1. The van der Waals surface area contributed by atoms with Gasteiger partial charge in [0.1, 0.15) is 6.54 Å². The molecule has 11 heteroatoms. The molecule has 1 aromatic heterocycles. The second kappa shape index (κ2) is 8.24. The molecule has 1 atom stereocenters. The maximum atomic E-state index is 12.6. The SMILES string of the molecule is Cl.O=C(Cn1cnc([N+](=O)[O-])n1)N1CCNCC1c1cccc(Cl)c1. The van der Waals surface area contributed by atoms with Crippen molar-refractivity contribution in [2.75, 3.05) is 19.6 Å². The lowest BCUT2D eigenvalue weighted by Gasteiger charge is -2.36. The van der Waals surface area contributed by atoms with Crippen LogP contribution in [0.5, 0.6) is 0 Å². The molecule has 134 valence electrons. The summed E-state index contributed by atoms with van der Waals surface area (Å²) in [6, 6.07) is 7.23. The molecule has 1 amide bonds. The topological polar surface area (TPSA) is 106 Å². The van der Waals surface area contributed by atoms with Crippen molar-refractivity contribution in [3.63, 3.8) is 0 Å². The maximum Gasteiger partial charge on any atom is 0.490 e. The molecule has 1 unspecified atom stereocenters. The highest BCUT2D eigenvalue weighted by atomic mass is 35.5. The zero-order valence-electron chi connectivity index (χ0n) is 13.0. The summed E-state index contributed by atoms with van der Waals surface area (Å²) in [5.74, 6) is -0.698. The van der Waals surface area contributed by atoms with E-state index in [2.05, 4.69) is 15.4 Å². The molecule has 0 saturated carbocycles. The Bertz CT molecular complexity index is 769. The average Bonchev–Trinajstić information content (AvgIpc) is 3.03. The molecule has 1 aliphatic heterocycles. The van der Waals surface area contributed by atoms with E-state index in [0.717, 1.165) is 5.56 Å². The minimum Gasteiger partial charge on any atom is -0.390 e. The summed E-state index contributed by atoms with van der Waals surface area (Å²) in [5, 5.41) is 18.2. The lowest BCUT2D eigenvalue weighted by molar-refractivity contribution is -0.394. The van der Waals surface area contributed by atoms with Gasteiger partial charge in [-0.1, -0.05) is 28.7 Å². The van der Waals surface area contributed by atoms with Gasteiger partial charge in [-0.15, -0.1) is 12.4 Å². The largest absolute Gasteiger partial charge is 0.490 e. The number of hydrogen-bond donors (Lipinski definition) is 1. The van der Waals surface area contributed by atoms with Gasteiger partial charge in [0.15, 0.2) is 0 Å². The molecule has 1 aliphatic rings. The van der Waals surface area contributed by atoms with Gasteiger partial charge in [0.25, 0.3) is 0 Å². The first-order chi connectivity index (χ1) is 11.5. The molecule has 2 heterocycles. The first-order valence-electron chi connectivity index (χ1n) is 7.34. The van der Waals surface area contributed by atoms with E-state index in [9.17, 15) is 14.9 Å². The summed E-state index contributed by atoms with van der Waals surface area (Å²) in [6.07, 6.45) is 1.19. The number of amides is 1. The second-order valence-electron chi connectivity index (χ2n) is 5.36. The van der Waals surface area contributed by atoms with Gasteiger partial charge in [0, 0.05) is 29.8 Å². The van der Waals surface area contributed by atoms with Gasteiger partial charge in [-0.25, -0.2) is 0 Å². The fourth-order valence-electron chi connectivity index (χ4n) is 2.69. The predicted octanol–water partition coefficient (Wildman–Crippen LogP) is 1.43. The van der Waals surface area contributed by atoms with Crippen molar-refractivity contribution >= 4 is 35.9 Å². The van der Waals surface area contributed by atoms with Gasteiger partial charge in [-0.2, -0.15) is 4.68 Å². The van der Waals surface area contributed by atoms with Crippen LogP contribution in [0.4, 0.5) is 5.95 Å². The van der Waals surface area contributed by atoms with Gasteiger partial charge in [0.2, 0.25) is 12.2 Å². The Labute approximate surface area is 154 Å². The van der Waals surface area contributed by atoms with Crippen molar-refractivity contribution in [3.05, 3.63) is 51.3 Å². The third-order valence-corrected chi connectivity index (χ3v) is 4.02. The minimum absolute atomic E-state index is 0. The van der Waals surface area contributed by atoms with Crippen LogP contribution >= 0.6 is 24.0 Å². The van der Waals surface area contributed by atoms with E-state index in [1.165, 1.54) is 11.0 Å². The fraction of sp³-hybridized carbons (Fsp3) is 0.357. The Morgan fingerprint density at radius 2 is 2.28 bits per heavy atom. The van der Waals surface area contributed by atoms with Gasteiger partial charge < -0.3 is 20.3 Å². The summed E-state index contributed by atoms with van der Waals surface area (Å²) in [6.45, 7) is 1.73. The fourth-order valence-corrected chi connectivity index (χ4v) is 2.89. The van der Waals surface area contributed by atoms with Crippen LogP contribution < -0.4 is 5.32 Å². The van der Waals surface area contributed by atoms with E-state index >= 15 is 0 Å². The molecule has 1 N–H and O–H groups in total. The number of nitrogens with one attached hydrogen (secondary N) is 1. The van der Waals surface area contributed by atoms with Crippen molar-refractivity contribution in [2.24, 2.45) is 0 Å². The first kappa shape index (κ1) is 19.1. The number of nitrogens with zero attached hydrogens (tertiary/aromatic N) is 5. The number of carbonyl (C=O) groups is 1. The molecule has 1 saturated heterocycles. The maximum absolute atomic E-state index is 12.6. The number of halogens is 2. The van der Waals surface area contributed by atoms with E-state index in [1.807, 2.05) is 18.2 Å². The number of aromatic nitrogens is 3. The molecule has 9 nitrogen and oxygen atoms in total. The molecule has 0 radical (unpaired) electrons. The third kappa shape index (κ3) is 4.44. The van der Waals surface area contributed by atoms with Gasteiger partial charge in [-0.3, -0.25) is 4.79 Å². The summed E-state index contributed by atoms with van der Waals surface area (Å²) < 4.78 is 1.18. The number of benzene rings is 1. The monoisotopic (exact) mass is 386 g/mol. The van der Waals surface area contributed by atoms with Gasteiger partial charge in [-0.05, 0) is 22.6 Å². The van der Waals surface area contributed by atoms with Crippen molar-refractivity contribution in [3.8, 4) is 0 Å². The predicted molar refractivity (Wildman–Crippen MR) is 92.7 cm³/mol. The number of carbonyl (C=O) groups excluding carboxylic acids is 1. The number of nitro groups is 1. The Kier molecular flexibility index (Phi) is 6.29. The number of hydrogen-bond acceptors (Lipinski definition) is 6. The van der Waals surface area contributed by atoms with Crippen LogP contribution in [-0.2, 0) is 11.3 Å². The van der Waals surface area contributed by atoms with E-state index in [-0.39, 0.29) is 30.9 Å². The summed E-state index contributed by atoms with van der Waals surface area (Å²) in [4.78, 5) is 27.8. The second-order valence-corrected chi connectivity index (χ2v) is 5.80. The normalized spacial score (nSPS) is 17.0. The quantitative estimate of drug-likeness (QED) is 0.629. The zero-order chi connectivity index (χ0) is 17.1. The molecule has 25 heavy (non-hydrogen) atoms. The van der Waals surface area contributed by atoms with Crippen LogP contribution in [0.3, 0.4) is 0 Å². The molecule has 1 aromatic carbocycles. The van der Waals surface area contributed by atoms with E-state index in [4.69, 9.17) is 11.6 Å². The lowest BCUT2D eigenvalue weighted by Crippen LogP contribution is -2.49. The summed E-state index contributed by atoms with van der Waals surface area (Å²) in [5.41, 5.74) is 0.938. The van der Waals surface area contributed by atoms with Crippen LogP contribution in [0, 0.1) is 10.1 Å². The zero-order valence-corrected chi connectivity index (χ0v) is 14.6. The van der Waals surface area contributed by atoms with E-state index < -0.39 is 10.9 Å². The van der Waals surface area contributed by atoms with Crippen LogP contribution in [0.25, 0.3) is 0 Å². The molecule has 0 spiro atoms. The molecule has 3 rings (SSSR count). The lowest BCUT2D eigenvalue weighted by atomic mass is 10.0. The Hall–Kier alpha value is -2.23. The Morgan fingerprint density at radius 1 is 1.48 bits per heavy atom. The van der Waals surface area contributed by atoms with Crippen LogP contribution in [-0.4, -0.2) is 50.1 Å². The number of rotatable bonds is 4. The molecular weight excluding hydrogens is 371 g/mol. The van der Waals surface area contributed by atoms with E-state index in [0.29, 0.717) is 24.7 Å². The third-order valence-electron chi connectivity index (χ3n) is 3.78. The highest BCUT2D eigenvalue weighted by Gasteiger charge is 2.29. The van der Waals surface area contributed by atoms with Crippen molar-refractivity contribution in [2.45, 2.75) is 12.6 Å². The van der Waals surface area contributed by atoms with Crippen molar-refractivity contribution in [1.82, 2.24) is 25.0 Å². The Morgan fingerprint density at radius 3 is 2.96 bits per heavy atom. The first-order valence-corrected chi connectivity index (χ1v) is 7.72. The van der Waals surface area contributed by atoms with Gasteiger partial charge >= 0.3 is 5.95 Å². The highest BCUT2D eigenvalue weighted by Crippen LogP contribution is 2.25. The van der Waals surface area contributed by atoms with Gasteiger partial charge in [0.05, 0.1) is 6.04 Å². The molecular formula is C14H16Cl2N6O3. The molecule has 2 aromatic rings. The highest BCUT2D eigenvalue weighted by molar-refractivity contribution is 6.30. The van der Waals surface area contributed by atoms with E-state index in [1.54, 1.807) is 11.0 Å². The molecule has 0 bridgehead atoms. The summed E-state index contributed by atoms with van der Waals surface area (Å²) in [7, 11) is 0. The van der Waals surface area contributed by atoms with Crippen LogP contribution in [0.15, 0.2) is 30.6 Å². The van der Waals surface area contributed by atoms with Crippen LogP contribution in [0.1, 0.15) is 11.6 Å². The minimum atomic E-state index is -0.694. The standard InChI is InChI=1S/C14H15ClN6O3.ClH/c15-11-3-1-2-10(6-11)12-7-16-4-5-20(12)13(22)8-19-9-17-14(18-19)21(23)24;/h1-3,6,9,12,16H,4-5,7-8H2;1H. The Balaban J connectivity index is 0.00000225. The van der Waals surface area contributed by atoms with Crippen molar-refractivity contribution in [1.29, 1.82) is 0 Å².